The molecule has 0 fully saturated rings. The topological polar surface area (TPSA) is 110 Å². The maximum atomic E-state index is 11.6. The minimum Gasteiger partial charge on any atom is -0.466 e. The highest BCUT2D eigenvalue weighted by Gasteiger charge is 2.15. The lowest BCUT2D eigenvalue weighted by Gasteiger charge is -2.19. The summed E-state index contributed by atoms with van der Waals surface area (Å²) >= 11 is 0. The van der Waals surface area contributed by atoms with Gasteiger partial charge in [-0.05, 0) is 43.2 Å². The summed E-state index contributed by atoms with van der Waals surface area (Å²) in [6.07, 6.45) is 0.969. The van der Waals surface area contributed by atoms with Crippen LogP contribution in [0.3, 0.4) is 0 Å². The molecule has 170 valence electrons. The molecule has 4 rings (SSSR count). The van der Waals surface area contributed by atoms with E-state index >= 15 is 0 Å². The van der Waals surface area contributed by atoms with Crippen LogP contribution in [0.15, 0.2) is 36.4 Å². The zero-order chi connectivity index (χ0) is 23.2. The Hall–Kier alpha value is -3.90. The van der Waals surface area contributed by atoms with Crippen LogP contribution >= 0.6 is 0 Å². The largest absolute Gasteiger partial charge is 0.466 e. The summed E-state index contributed by atoms with van der Waals surface area (Å²) < 4.78 is 4.99. The molecule has 9 heteroatoms. The number of nitriles is 1. The van der Waals surface area contributed by atoms with Gasteiger partial charge in [0.25, 0.3) is 0 Å². The third-order valence-electron chi connectivity index (χ3n) is 5.29. The number of ether oxygens (including phenoxy) is 1. The molecule has 0 saturated heterocycles. The van der Waals surface area contributed by atoms with Crippen molar-refractivity contribution in [2.24, 2.45) is 0 Å². The number of nitrogens with one attached hydrogen (secondary N) is 1. The lowest BCUT2D eigenvalue weighted by molar-refractivity contribution is -0.194. The summed E-state index contributed by atoms with van der Waals surface area (Å²) in [6.45, 7) is 3.73. The fraction of sp³-hybridized carbons (Fsp3) is 0.333. The van der Waals surface area contributed by atoms with Crippen LogP contribution in [0.2, 0.25) is 0 Å². The summed E-state index contributed by atoms with van der Waals surface area (Å²) in [5.74, 6) is 1.67. The number of aromatic nitrogens is 2. The van der Waals surface area contributed by atoms with Crippen molar-refractivity contribution in [2.75, 3.05) is 30.4 Å². The molecular formula is C24H25N5O4. The highest BCUT2D eigenvalue weighted by molar-refractivity contribution is 5.91. The molecule has 0 radical (unpaired) electrons. The quantitative estimate of drug-likeness (QED) is 0.388. The number of carbonyl (C=O) groups is 1. The Morgan fingerprint density at radius 1 is 1.27 bits per heavy atom. The molecule has 0 amide bonds. The van der Waals surface area contributed by atoms with E-state index in [1.807, 2.05) is 36.2 Å². The maximum absolute atomic E-state index is 11.6. The van der Waals surface area contributed by atoms with Gasteiger partial charge in [0.2, 0.25) is 5.95 Å². The number of fused-ring (bicyclic) bond motifs is 2. The first-order chi connectivity index (χ1) is 16.1. The minimum absolute atomic E-state index is 0.208. The van der Waals surface area contributed by atoms with E-state index in [2.05, 4.69) is 16.4 Å². The van der Waals surface area contributed by atoms with Crippen LogP contribution < -0.4 is 15.1 Å². The number of anilines is 2. The summed E-state index contributed by atoms with van der Waals surface area (Å²) in [6, 6.07) is 13.4. The van der Waals surface area contributed by atoms with E-state index in [0.717, 1.165) is 27.8 Å². The molecule has 9 nitrogen and oxygen atoms in total. The van der Waals surface area contributed by atoms with Crippen LogP contribution in [0.1, 0.15) is 36.5 Å². The number of nitrogens with zero attached hydrogens (tertiary/aromatic N) is 4. The van der Waals surface area contributed by atoms with Gasteiger partial charge in [-0.1, -0.05) is 12.1 Å². The fourth-order valence-electron chi connectivity index (χ4n) is 3.53. The number of carbonyl (C=O) groups excluding carboxylic acids is 1. The van der Waals surface area contributed by atoms with Crippen molar-refractivity contribution in [1.29, 1.82) is 5.26 Å². The normalized spacial score (nSPS) is 12.0. The second kappa shape index (κ2) is 10.1. The van der Waals surface area contributed by atoms with E-state index < -0.39 is 0 Å². The van der Waals surface area contributed by atoms with E-state index in [4.69, 9.17) is 19.5 Å². The van der Waals surface area contributed by atoms with E-state index in [0.29, 0.717) is 56.5 Å². The second-order valence-corrected chi connectivity index (χ2v) is 7.69. The van der Waals surface area contributed by atoms with E-state index in [1.54, 1.807) is 19.1 Å². The molecule has 3 aromatic rings. The summed E-state index contributed by atoms with van der Waals surface area (Å²) in [5, 5.41) is 13.5. The first kappa shape index (κ1) is 22.3. The third-order valence-corrected chi connectivity index (χ3v) is 5.29. The Kier molecular flexibility index (Phi) is 6.86. The van der Waals surface area contributed by atoms with Gasteiger partial charge in [-0.3, -0.25) is 4.79 Å². The summed E-state index contributed by atoms with van der Waals surface area (Å²) in [5.41, 5.74) is 3.28. The van der Waals surface area contributed by atoms with Gasteiger partial charge in [0, 0.05) is 37.5 Å². The molecule has 1 aromatic heterocycles. The van der Waals surface area contributed by atoms with Gasteiger partial charge in [0.1, 0.15) is 12.4 Å². The molecule has 0 atom stereocenters. The zero-order valence-corrected chi connectivity index (χ0v) is 18.6. The van der Waals surface area contributed by atoms with Gasteiger partial charge in [-0.15, -0.1) is 0 Å². The molecule has 0 saturated carbocycles. The average molecular weight is 447 g/mol. The molecule has 33 heavy (non-hydrogen) atoms. The highest BCUT2D eigenvalue weighted by Crippen LogP contribution is 2.28. The van der Waals surface area contributed by atoms with Gasteiger partial charge < -0.3 is 19.8 Å². The number of benzene rings is 2. The standard InChI is InChI=1S/C24H25N5O4/c1-3-31-22(30)5-4-10-29(2)24-27-20-9-7-16(13-25)11-19(20)23(28-24)26-14-17-6-8-18-15-32-33-21(18)12-17/h6-9,11-12H,3-5,10,14-15H2,1-2H3,(H,26,27,28). The average Bonchev–Trinajstić information content (AvgIpc) is 3.30. The Morgan fingerprint density at radius 3 is 2.97 bits per heavy atom. The van der Waals surface area contributed by atoms with Crippen LogP contribution in [-0.2, 0) is 27.6 Å². The van der Waals surface area contributed by atoms with Crippen LogP contribution in [0.4, 0.5) is 11.8 Å². The van der Waals surface area contributed by atoms with Crippen molar-refractivity contribution >= 4 is 28.6 Å². The second-order valence-electron chi connectivity index (χ2n) is 7.69. The maximum Gasteiger partial charge on any atom is 0.305 e. The Labute approximate surface area is 191 Å². The van der Waals surface area contributed by atoms with Crippen molar-refractivity contribution in [2.45, 2.75) is 32.9 Å². The number of rotatable bonds is 9. The molecule has 1 aliphatic heterocycles. The molecule has 1 N–H and O–H groups in total. The molecule has 1 aliphatic rings. The first-order valence-electron chi connectivity index (χ1n) is 10.8. The Morgan fingerprint density at radius 2 is 2.15 bits per heavy atom. The predicted octanol–water partition coefficient (Wildman–Crippen LogP) is 3.72. The lowest BCUT2D eigenvalue weighted by atomic mass is 10.1. The zero-order valence-electron chi connectivity index (χ0n) is 18.6. The summed E-state index contributed by atoms with van der Waals surface area (Å²) in [7, 11) is 1.89. The predicted molar refractivity (Wildman–Crippen MR) is 123 cm³/mol. The van der Waals surface area contributed by atoms with Crippen LogP contribution in [0.5, 0.6) is 5.75 Å². The van der Waals surface area contributed by atoms with Crippen molar-refractivity contribution in [1.82, 2.24) is 9.97 Å². The first-order valence-corrected chi connectivity index (χ1v) is 10.8. The van der Waals surface area contributed by atoms with Crippen LogP contribution in [0, 0.1) is 11.3 Å². The van der Waals surface area contributed by atoms with Gasteiger partial charge in [-0.25, -0.2) is 4.98 Å². The molecule has 0 unspecified atom stereocenters. The molecule has 2 aromatic carbocycles. The van der Waals surface area contributed by atoms with Crippen molar-refractivity contribution in [3.05, 3.63) is 53.1 Å². The van der Waals surface area contributed by atoms with Crippen LogP contribution in [0.25, 0.3) is 10.9 Å². The van der Waals surface area contributed by atoms with Gasteiger partial charge >= 0.3 is 5.97 Å². The third kappa shape index (κ3) is 5.30. The summed E-state index contributed by atoms with van der Waals surface area (Å²) in [4.78, 5) is 33.1. The molecular weight excluding hydrogens is 422 g/mol. The Balaban J connectivity index is 1.55. The van der Waals surface area contributed by atoms with Crippen LogP contribution in [-0.4, -0.2) is 36.1 Å². The van der Waals surface area contributed by atoms with Crippen molar-refractivity contribution in [3.63, 3.8) is 0 Å². The van der Waals surface area contributed by atoms with Crippen molar-refractivity contribution in [3.8, 4) is 11.8 Å². The molecule has 2 heterocycles. The van der Waals surface area contributed by atoms with Gasteiger partial charge in [0.05, 0.1) is 23.8 Å². The number of hydrogen-bond donors (Lipinski definition) is 1. The number of hydrogen-bond acceptors (Lipinski definition) is 9. The SMILES string of the molecule is CCOC(=O)CCCN(C)c1nc(NCc2ccc3c(c2)OOC3)c2cc(C#N)ccc2n1. The number of esters is 1. The Bertz CT molecular complexity index is 1210. The lowest BCUT2D eigenvalue weighted by Crippen LogP contribution is -2.22. The molecule has 0 bridgehead atoms. The monoisotopic (exact) mass is 447 g/mol. The highest BCUT2D eigenvalue weighted by atomic mass is 17.2. The van der Waals surface area contributed by atoms with E-state index in [9.17, 15) is 10.1 Å². The fourth-order valence-corrected chi connectivity index (χ4v) is 3.53. The van der Waals surface area contributed by atoms with Gasteiger partial charge in [-0.2, -0.15) is 15.1 Å². The minimum atomic E-state index is -0.208. The molecule has 0 spiro atoms. The van der Waals surface area contributed by atoms with E-state index in [1.165, 1.54) is 0 Å². The van der Waals surface area contributed by atoms with Crippen molar-refractivity contribution < 1.29 is 19.3 Å². The van der Waals surface area contributed by atoms with Gasteiger partial charge in [0.15, 0.2) is 5.75 Å². The van der Waals surface area contributed by atoms with E-state index in [-0.39, 0.29) is 5.97 Å². The smallest absolute Gasteiger partial charge is 0.305 e. The molecule has 0 aliphatic carbocycles.